The second-order valence-electron chi connectivity index (χ2n) is 5.15. The fourth-order valence-electron chi connectivity index (χ4n) is 2.29. The third kappa shape index (κ3) is 3.55. The van der Waals surface area contributed by atoms with Crippen molar-refractivity contribution in [1.29, 1.82) is 0 Å². The first-order valence-electron chi connectivity index (χ1n) is 7.40. The number of ether oxygens (including phenoxy) is 2. The van der Waals surface area contributed by atoms with Crippen LogP contribution in [0.15, 0.2) is 53.1 Å². The number of carbonyl (C=O) groups excluding carboxylic acids is 1. The fourth-order valence-corrected chi connectivity index (χ4v) is 2.29. The molecule has 0 aliphatic rings. The summed E-state index contributed by atoms with van der Waals surface area (Å²) in [6.45, 7) is 0. The zero-order valence-corrected chi connectivity index (χ0v) is 13.6. The molecule has 2 N–H and O–H groups in total. The molecule has 3 aromatic rings. The number of carbonyl (C=O) groups is 1. The molecule has 1 amide bonds. The molecule has 0 atom stereocenters. The zero-order chi connectivity index (χ0) is 17.8. The van der Waals surface area contributed by atoms with Gasteiger partial charge in [0.1, 0.15) is 5.75 Å². The average Bonchev–Trinajstić information content (AvgIpc) is 3.11. The second-order valence-corrected chi connectivity index (χ2v) is 5.15. The smallest absolute Gasteiger partial charge is 0.277 e. The summed E-state index contributed by atoms with van der Waals surface area (Å²) in [5.74, 6) is 1.17. The van der Waals surface area contributed by atoms with E-state index in [9.17, 15) is 9.90 Å². The van der Waals surface area contributed by atoms with Gasteiger partial charge in [-0.3, -0.25) is 4.79 Å². The molecule has 0 saturated heterocycles. The van der Waals surface area contributed by atoms with Gasteiger partial charge in [0.15, 0.2) is 23.0 Å². The van der Waals surface area contributed by atoms with Crippen LogP contribution < -0.4 is 14.8 Å². The third-order valence-electron chi connectivity index (χ3n) is 3.51. The number of benzene rings is 2. The van der Waals surface area contributed by atoms with Crippen LogP contribution in [0.25, 0.3) is 11.3 Å². The van der Waals surface area contributed by atoms with Crippen molar-refractivity contribution in [3.05, 3.63) is 54.2 Å². The number of hydrogen-bond donors (Lipinski definition) is 2. The van der Waals surface area contributed by atoms with Gasteiger partial charge < -0.3 is 24.4 Å². The van der Waals surface area contributed by atoms with Gasteiger partial charge >= 0.3 is 0 Å². The van der Waals surface area contributed by atoms with E-state index in [4.69, 9.17) is 14.0 Å². The van der Waals surface area contributed by atoms with E-state index < -0.39 is 5.91 Å². The minimum atomic E-state index is -0.443. The highest BCUT2D eigenvalue weighted by Gasteiger charge is 2.15. The van der Waals surface area contributed by atoms with E-state index in [1.165, 1.54) is 25.3 Å². The van der Waals surface area contributed by atoms with Crippen LogP contribution in [0.2, 0.25) is 0 Å². The molecular weight excluding hydrogens is 324 g/mol. The number of anilines is 1. The lowest BCUT2D eigenvalue weighted by molar-refractivity contribution is 0.101. The van der Waals surface area contributed by atoms with Crippen LogP contribution in [0.3, 0.4) is 0 Å². The van der Waals surface area contributed by atoms with E-state index in [1.807, 2.05) is 0 Å². The van der Waals surface area contributed by atoms with Crippen molar-refractivity contribution >= 4 is 11.6 Å². The van der Waals surface area contributed by atoms with Gasteiger partial charge in [-0.15, -0.1) is 0 Å². The van der Waals surface area contributed by atoms with Gasteiger partial charge in [0.05, 0.1) is 14.2 Å². The van der Waals surface area contributed by atoms with Crippen LogP contribution in [-0.2, 0) is 0 Å². The summed E-state index contributed by atoms with van der Waals surface area (Å²) in [4.78, 5) is 12.2. The Morgan fingerprint density at radius 2 is 1.88 bits per heavy atom. The minimum Gasteiger partial charge on any atom is -0.508 e. The molecule has 7 nitrogen and oxygen atoms in total. The number of nitrogens with zero attached hydrogens (tertiary/aromatic N) is 1. The summed E-state index contributed by atoms with van der Waals surface area (Å²) in [6, 6.07) is 13.0. The molecule has 0 fully saturated rings. The Balaban J connectivity index is 1.81. The Morgan fingerprint density at radius 3 is 2.60 bits per heavy atom. The highest BCUT2D eigenvalue weighted by atomic mass is 16.5. The molecule has 0 aliphatic heterocycles. The Bertz CT molecular complexity index is 904. The Hall–Kier alpha value is -3.48. The number of amides is 1. The molecule has 25 heavy (non-hydrogen) atoms. The lowest BCUT2D eigenvalue weighted by atomic mass is 10.1. The molecule has 2 aromatic carbocycles. The van der Waals surface area contributed by atoms with Crippen LogP contribution in [0, 0.1) is 0 Å². The number of rotatable bonds is 5. The Kier molecular flexibility index (Phi) is 4.56. The van der Waals surface area contributed by atoms with Gasteiger partial charge in [0.25, 0.3) is 5.91 Å². The maximum atomic E-state index is 12.2. The van der Waals surface area contributed by atoms with Gasteiger partial charge in [0.2, 0.25) is 0 Å². The van der Waals surface area contributed by atoms with E-state index >= 15 is 0 Å². The van der Waals surface area contributed by atoms with E-state index in [-0.39, 0.29) is 11.4 Å². The molecule has 3 rings (SSSR count). The number of phenolic OH excluding ortho intramolecular Hbond substituents is 1. The average molecular weight is 340 g/mol. The third-order valence-corrected chi connectivity index (χ3v) is 3.51. The number of nitrogens with one attached hydrogen (secondary N) is 1. The van der Waals surface area contributed by atoms with E-state index in [1.54, 1.807) is 37.4 Å². The Morgan fingerprint density at radius 1 is 1.08 bits per heavy atom. The molecule has 128 valence electrons. The van der Waals surface area contributed by atoms with Crippen LogP contribution in [0.4, 0.5) is 5.69 Å². The van der Waals surface area contributed by atoms with Crippen molar-refractivity contribution in [2.45, 2.75) is 0 Å². The number of aromatic nitrogens is 1. The number of hydrogen-bond acceptors (Lipinski definition) is 6. The van der Waals surface area contributed by atoms with E-state index in [0.29, 0.717) is 28.5 Å². The predicted molar refractivity (Wildman–Crippen MR) is 91.1 cm³/mol. The molecule has 0 saturated carbocycles. The number of aromatic hydroxyl groups is 1. The lowest BCUT2D eigenvalue weighted by Crippen LogP contribution is -2.11. The topological polar surface area (TPSA) is 93.8 Å². The van der Waals surface area contributed by atoms with E-state index in [0.717, 1.165) is 0 Å². The van der Waals surface area contributed by atoms with Crippen molar-refractivity contribution in [1.82, 2.24) is 5.16 Å². The molecule has 1 aromatic heterocycles. The first-order valence-corrected chi connectivity index (χ1v) is 7.40. The standard InChI is InChI=1S/C18H16N2O5/c1-23-15-7-6-11(8-17(15)24-2)16-10-14(20-25-16)18(22)19-12-4-3-5-13(21)9-12/h3-10,21H,1-2H3,(H,19,22). The quantitative estimate of drug-likeness (QED) is 0.740. The largest absolute Gasteiger partial charge is 0.508 e. The van der Waals surface area contributed by atoms with Crippen molar-refractivity contribution in [2.24, 2.45) is 0 Å². The van der Waals surface area contributed by atoms with Crippen molar-refractivity contribution in [3.63, 3.8) is 0 Å². The van der Waals surface area contributed by atoms with Crippen LogP contribution in [0.5, 0.6) is 17.2 Å². The fraction of sp³-hybridized carbons (Fsp3) is 0.111. The monoisotopic (exact) mass is 340 g/mol. The lowest BCUT2D eigenvalue weighted by Gasteiger charge is -2.07. The molecular formula is C18H16N2O5. The molecule has 0 radical (unpaired) electrons. The molecule has 7 heteroatoms. The van der Waals surface area contributed by atoms with Gasteiger partial charge in [-0.25, -0.2) is 0 Å². The summed E-state index contributed by atoms with van der Waals surface area (Å²) in [7, 11) is 3.09. The molecule has 0 spiro atoms. The summed E-state index contributed by atoms with van der Waals surface area (Å²) < 4.78 is 15.7. The summed E-state index contributed by atoms with van der Waals surface area (Å²) in [5, 5.41) is 15.9. The molecule has 0 aliphatic carbocycles. The summed E-state index contributed by atoms with van der Waals surface area (Å²) in [5.41, 5.74) is 1.27. The summed E-state index contributed by atoms with van der Waals surface area (Å²) in [6.07, 6.45) is 0. The minimum absolute atomic E-state index is 0.0592. The summed E-state index contributed by atoms with van der Waals surface area (Å²) >= 11 is 0. The van der Waals surface area contributed by atoms with Crippen LogP contribution in [-0.4, -0.2) is 30.4 Å². The maximum Gasteiger partial charge on any atom is 0.277 e. The highest BCUT2D eigenvalue weighted by molar-refractivity contribution is 6.03. The SMILES string of the molecule is COc1ccc(-c2cc(C(=O)Nc3cccc(O)c3)no2)cc1OC. The molecule has 0 bridgehead atoms. The zero-order valence-electron chi connectivity index (χ0n) is 13.6. The first-order chi connectivity index (χ1) is 12.1. The Labute approximate surface area is 143 Å². The van der Waals surface area contributed by atoms with Crippen molar-refractivity contribution < 1.29 is 23.9 Å². The van der Waals surface area contributed by atoms with Crippen LogP contribution in [0.1, 0.15) is 10.5 Å². The van der Waals surface area contributed by atoms with E-state index in [2.05, 4.69) is 10.5 Å². The first kappa shape index (κ1) is 16.4. The molecule has 1 heterocycles. The van der Waals surface area contributed by atoms with Gasteiger partial charge in [-0.1, -0.05) is 11.2 Å². The molecule has 0 unspecified atom stereocenters. The van der Waals surface area contributed by atoms with Gasteiger partial charge in [0, 0.05) is 23.4 Å². The number of phenols is 1. The second kappa shape index (κ2) is 6.96. The normalized spacial score (nSPS) is 10.3. The predicted octanol–water partition coefficient (Wildman–Crippen LogP) is 3.32. The maximum absolute atomic E-state index is 12.2. The highest BCUT2D eigenvalue weighted by Crippen LogP contribution is 2.32. The van der Waals surface area contributed by atoms with Gasteiger partial charge in [-0.2, -0.15) is 0 Å². The van der Waals surface area contributed by atoms with Gasteiger partial charge in [-0.05, 0) is 30.3 Å². The van der Waals surface area contributed by atoms with Crippen molar-refractivity contribution in [2.75, 3.05) is 19.5 Å². The number of methoxy groups -OCH3 is 2. The van der Waals surface area contributed by atoms with Crippen LogP contribution >= 0.6 is 0 Å². The van der Waals surface area contributed by atoms with Crippen molar-refractivity contribution in [3.8, 4) is 28.6 Å².